The molecule has 1 aromatic carbocycles. The maximum absolute atomic E-state index is 12.3. The molecular weight excluding hydrogens is 245 g/mol. The summed E-state index contributed by atoms with van der Waals surface area (Å²) < 4.78 is 36.9. The van der Waals surface area contributed by atoms with Crippen LogP contribution in [-0.4, -0.2) is 19.0 Å². The molecule has 3 nitrogen and oxygen atoms in total. The number of hydrogen-bond donors (Lipinski definition) is 2. The minimum absolute atomic E-state index is 0.105. The van der Waals surface area contributed by atoms with E-state index in [0.717, 1.165) is 17.7 Å². The molecule has 0 spiro atoms. The lowest BCUT2D eigenvalue weighted by atomic mass is 10.1. The van der Waals surface area contributed by atoms with Gasteiger partial charge in [-0.1, -0.05) is 12.1 Å². The van der Waals surface area contributed by atoms with Crippen molar-refractivity contribution in [3.63, 3.8) is 0 Å². The molecule has 0 aliphatic rings. The monoisotopic (exact) mass is 260 g/mol. The summed E-state index contributed by atoms with van der Waals surface area (Å²) in [5.41, 5.74) is 0.121. The quantitative estimate of drug-likeness (QED) is 0.794. The number of hydrogen-bond acceptors (Lipinski definition) is 2. The molecule has 0 fully saturated rings. The number of alkyl halides is 3. The third-order valence-corrected chi connectivity index (χ3v) is 2.29. The van der Waals surface area contributed by atoms with Gasteiger partial charge in [-0.05, 0) is 17.7 Å². The Morgan fingerprint density at radius 3 is 2.28 bits per heavy atom. The summed E-state index contributed by atoms with van der Waals surface area (Å²) in [6, 6.07) is 5.00. The standard InChI is InChI=1S/C12H15F3N2O/c1-9(18)17-7-6-16-8-10-2-4-11(5-3-10)12(13,14)15/h2-5,16H,6-8H2,1H3,(H,17,18). The maximum Gasteiger partial charge on any atom is 0.416 e. The van der Waals surface area contributed by atoms with Crippen LogP contribution >= 0.6 is 0 Å². The highest BCUT2D eigenvalue weighted by Crippen LogP contribution is 2.28. The average molecular weight is 260 g/mol. The molecule has 100 valence electrons. The van der Waals surface area contributed by atoms with Gasteiger partial charge in [-0.3, -0.25) is 4.79 Å². The summed E-state index contributed by atoms with van der Waals surface area (Å²) in [6.45, 7) is 2.96. The van der Waals surface area contributed by atoms with Gasteiger partial charge in [0.25, 0.3) is 0 Å². The van der Waals surface area contributed by atoms with Crippen LogP contribution in [0.1, 0.15) is 18.1 Å². The fourth-order valence-electron chi connectivity index (χ4n) is 1.37. The van der Waals surface area contributed by atoms with E-state index in [2.05, 4.69) is 10.6 Å². The van der Waals surface area contributed by atoms with Crippen molar-refractivity contribution in [2.75, 3.05) is 13.1 Å². The Balaban J connectivity index is 2.33. The summed E-state index contributed by atoms with van der Waals surface area (Å²) in [4.78, 5) is 10.6. The Bertz CT molecular complexity index is 387. The summed E-state index contributed by atoms with van der Waals surface area (Å²) in [5, 5.41) is 5.63. The van der Waals surface area contributed by atoms with Crippen molar-refractivity contribution >= 4 is 5.91 Å². The molecule has 1 amide bonds. The van der Waals surface area contributed by atoms with Gasteiger partial charge in [0.2, 0.25) is 5.91 Å². The molecule has 1 rings (SSSR count). The predicted octanol–water partition coefficient (Wildman–Crippen LogP) is 1.93. The number of rotatable bonds is 5. The highest BCUT2D eigenvalue weighted by molar-refractivity contribution is 5.72. The first-order chi connectivity index (χ1) is 8.39. The van der Waals surface area contributed by atoms with Crippen molar-refractivity contribution in [3.8, 4) is 0 Å². The van der Waals surface area contributed by atoms with Gasteiger partial charge in [0, 0.05) is 26.6 Å². The number of amides is 1. The van der Waals surface area contributed by atoms with E-state index in [1.807, 2.05) is 0 Å². The number of halogens is 3. The Kier molecular flexibility index (Phi) is 5.15. The first kappa shape index (κ1) is 14.5. The minimum Gasteiger partial charge on any atom is -0.355 e. The van der Waals surface area contributed by atoms with Crippen molar-refractivity contribution in [1.29, 1.82) is 0 Å². The molecule has 1 aromatic rings. The van der Waals surface area contributed by atoms with Crippen LogP contribution in [0.5, 0.6) is 0 Å². The van der Waals surface area contributed by atoms with Crippen molar-refractivity contribution in [1.82, 2.24) is 10.6 Å². The van der Waals surface area contributed by atoms with Gasteiger partial charge >= 0.3 is 6.18 Å². The van der Waals surface area contributed by atoms with Gasteiger partial charge in [0.15, 0.2) is 0 Å². The Hall–Kier alpha value is -1.56. The van der Waals surface area contributed by atoms with Crippen molar-refractivity contribution in [3.05, 3.63) is 35.4 Å². The molecule has 18 heavy (non-hydrogen) atoms. The molecule has 0 saturated carbocycles. The molecule has 0 heterocycles. The summed E-state index contributed by atoms with van der Waals surface area (Å²) in [6.07, 6.45) is -4.29. The minimum atomic E-state index is -4.29. The van der Waals surface area contributed by atoms with E-state index in [-0.39, 0.29) is 5.91 Å². The molecule has 0 saturated heterocycles. The first-order valence-electron chi connectivity index (χ1n) is 5.51. The zero-order valence-electron chi connectivity index (χ0n) is 9.97. The maximum atomic E-state index is 12.3. The fraction of sp³-hybridized carbons (Fsp3) is 0.417. The molecule has 0 aliphatic heterocycles. The van der Waals surface area contributed by atoms with E-state index in [4.69, 9.17) is 0 Å². The Morgan fingerprint density at radius 2 is 1.78 bits per heavy atom. The fourth-order valence-corrected chi connectivity index (χ4v) is 1.37. The molecule has 0 aliphatic carbocycles. The van der Waals surface area contributed by atoms with Crippen LogP contribution in [0.15, 0.2) is 24.3 Å². The van der Waals surface area contributed by atoms with Gasteiger partial charge in [0.1, 0.15) is 0 Å². The molecule has 0 unspecified atom stereocenters. The van der Waals surface area contributed by atoms with E-state index in [1.165, 1.54) is 19.1 Å². The second-order valence-corrected chi connectivity index (χ2v) is 3.85. The average Bonchev–Trinajstić information content (AvgIpc) is 2.27. The zero-order chi connectivity index (χ0) is 13.6. The van der Waals surface area contributed by atoms with Crippen LogP contribution in [0.3, 0.4) is 0 Å². The Morgan fingerprint density at radius 1 is 1.17 bits per heavy atom. The third-order valence-electron chi connectivity index (χ3n) is 2.29. The van der Waals surface area contributed by atoms with Crippen LogP contribution in [0.25, 0.3) is 0 Å². The SMILES string of the molecule is CC(=O)NCCNCc1ccc(C(F)(F)F)cc1. The van der Waals surface area contributed by atoms with Crippen LogP contribution in [0.4, 0.5) is 13.2 Å². The third kappa shape index (κ3) is 5.18. The van der Waals surface area contributed by atoms with Gasteiger partial charge in [0.05, 0.1) is 5.56 Å². The second kappa shape index (κ2) is 6.39. The molecule has 0 bridgehead atoms. The summed E-state index contributed by atoms with van der Waals surface area (Å²) in [7, 11) is 0. The smallest absolute Gasteiger partial charge is 0.355 e. The molecule has 2 N–H and O–H groups in total. The summed E-state index contributed by atoms with van der Waals surface area (Å²) >= 11 is 0. The van der Waals surface area contributed by atoms with Crippen molar-refractivity contribution in [2.45, 2.75) is 19.6 Å². The highest BCUT2D eigenvalue weighted by Gasteiger charge is 2.29. The van der Waals surface area contributed by atoms with Crippen LogP contribution in [0.2, 0.25) is 0 Å². The first-order valence-corrected chi connectivity index (χ1v) is 5.51. The molecule has 0 atom stereocenters. The van der Waals surface area contributed by atoms with Gasteiger partial charge in [-0.15, -0.1) is 0 Å². The number of benzene rings is 1. The topological polar surface area (TPSA) is 41.1 Å². The normalized spacial score (nSPS) is 11.3. The Labute approximate surface area is 103 Å². The van der Waals surface area contributed by atoms with Gasteiger partial charge in [-0.25, -0.2) is 0 Å². The lowest BCUT2D eigenvalue weighted by Crippen LogP contribution is -2.29. The highest BCUT2D eigenvalue weighted by atomic mass is 19.4. The van der Waals surface area contributed by atoms with Gasteiger partial charge < -0.3 is 10.6 Å². The molecule has 0 radical (unpaired) electrons. The van der Waals surface area contributed by atoms with E-state index in [0.29, 0.717) is 19.6 Å². The second-order valence-electron chi connectivity index (χ2n) is 3.85. The van der Waals surface area contributed by atoms with E-state index >= 15 is 0 Å². The molecule has 6 heteroatoms. The summed E-state index contributed by atoms with van der Waals surface area (Å²) in [5.74, 6) is -0.105. The van der Waals surface area contributed by atoms with E-state index < -0.39 is 11.7 Å². The molecule has 0 aromatic heterocycles. The molecular formula is C12H15F3N2O. The predicted molar refractivity (Wildman–Crippen MR) is 61.8 cm³/mol. The van der Waals surface area contributed by atoms with Crippen LogP contribution in [0, 0.1) is 0 Å². The number of carbonyl (C=O) groups is 1. The van der Waals surface area contributed by atoms with E-state index in [9.17, 15) is 18.0 Å². The number of nitrogens with one attached hydrogen (secondary N) is 2. The van der Waals surface area contributed by atoms with Crippen LogP contribution in [-0.2, 0) is 17.5 Å². The van der Waals surface area contributed by atoms with Gasteiger partial charge in [-0.2, -0.15) is 13.2 Å². The largest absolute Gasteiger partial charge is 0.416 e. The van der Waals surface area contributed by atoms with E-state index in [1.54, 1.807) is 0 Å². The number of carbonyl (C=O) groups excluding carboxylic acids is 1. The lowest BCUT2D eigenvalue weighted by molar-refractivity contribution is -0.137. The van der Waals surface area contributed by atoms with Crippen molar-refractivity contribution < 1.29 is 18.0 Å². The lowest BCUT2D eigenvalue weighted by Gasteiger charge is -2.08. The van der Waals surface area contributed by atoms with Crippen molar-refractivity contribution in [2.24, 2.45) is 0 Å². The zero-order valence-corrected chi connectivity index (χ0v) is 9.97. The van der Waals surface area contributed by atoms with Crippen LogP contribution < -0.4 is 10.6 Å².